The Morgan fingerprint density at radius 3 is 2.52 bits per heavy atom. The first-order valence-electron chi connectivity index (χ1n) is 9.60. The van der Waals surface area contributed by atoms with Gasteiger partial charge in [-0.2, -0.15) is 0 Å². The Bertz CT molecular complexity index is 605. The molecule has 7 heteroatoms. The molecule has 2 saturated heterocycles. The van der Waals surface area contributed by atoms with Crippen LogP contribution in [0, 0.1) is 11.7 Å². The quantitative estimate of drug-likeness (QED) is 0.402. The minimum absolute atomic E-state index is 0. The van der Waals surface area contributed by atoms with Crippen LogP contribution in [0.25, 0.3) is 0 Å². The number of hydrogen-bond donors (Lipinski definition) is 1. The first kappa shape index (κ1) is 22.4. The molecule has 1 aromatic carbocycles. The number of benzene rings is 1. The third kappa shape index (κ3) is 6.29. The lowest BCUT2D eigenvalue weighted by atomic mass is 9.97. The lowest BCUT2D eigenvalue weighted by Crippen LogP contribution is -2.51. The largest absolute Gasteiger partial charge is 0.367 e. The second-order valence-electron chi connectivity index (χ2n) is 7.57. The molecule has 2 unspecified atom stereocenters. The molecular formula is C20H32FIN4O. The second kappa shape index (κ2) is 10.6. The molecule has 3 rings (SSSR count). The van der Waals surface area contributed by atoms with Crippen molar-refractivity contribution < 1.29 is 9.13 Å². The Morgan fingerprint density at radius 1 is 1.22 bits per heavy atom. The van der Waals surface area contributed by atoms with Gasteiger partial charge in [-0.3, -0.25) is 4.99 Å². The molecular weight excluding hydrogens is 458 g/mol. The number of halogens is 2. The highest BCUT2D eigenvalue weighted by Crippen LogP contribution is 2.25. The summed E-state index contributed by atoms with van der Waals surface area (Å²) in [5, 5.41) is 3.57. The van der Waals surface area contributed by atoms with Crippen molar-refractivity contribution in [2.45, 2.75) is 32.0 Å². The topological polar surface area (TPSA) is 40.1 Å². The van der Waals surface area contributed by atoms with Gasteiger partial charge in [-0.1, -0.05) is 12.1 Å². The lowest BCUT2D eigenvalue weighted by molar-refractivity contribution is -0.0605. The van der Waals surface area contributed by atoms with Crippen LogP contribution in [0.5, 0.6) is 0 Å². The van der Waals surface area contributed by atoms with Crippen LogP contribution in [-0.4, -0.2) is 68.7 Å². The molecule has 2 heterocycles. The third-order valence-corrected chi connectivity index (χ3v) is 5.40. The van der Waals surface area contributed by atoms with Gasteiger partial charge in [0, 0.05) is 20.1 Å². The van der Waals surface area contributed by atoms with Crippen LogP contribution in [0.15, 0.2) is 29.3 Å². The maximum absolute atomic E-state index is 13.2. The van der Waals surface area contributed by atoms with Crippen molar-refractivity contribution in [1.29, 1.82) is 0 Å². The van der Waals surface area contributed by atoms with Gasteiger partial charge in [-0.05, 0) is 63.5 Å². The average Bonchev–Trinajstić information content (AvgIpc) is 2.64. The van der Waals surface area contributed by atoms with Crippen molar-refractivity contribution in [3.05, 3.63) is 35.6 Å². The van der Waals surface area contributed by atoms with Crippen molar-refractivity contribution in [2.75, 3.05) is 46.8 Å². The molecule has 5 nitrogen and oxygen atoms in total. The van der Waals surface area contributed by atoms with Gasteiger partial charge in [0.05, 0.1) is 12.6 Å². The molecule has 2 aliphatic heterocycles. The Balaban J connectivity index is 0.00000261. The van der Waals surface area contributed by atoms with Crippen LogP contribution < -0.4 is 5.32 Å². The van der Waals surface area contributed by atoms with E-state index in [2.05, 4.69) is 34.1 Å². The molecule has 2 fully saturated rings. The molecule has 0 aromatic heterocycles. The van der Waals surface area contributed by atoms with Crippen LogP contribution in [0.1, 0.15) is 31.4 Å². The summed E-state index contributed by atoms with van der Waals surface area (Å²) in [6, 6.07) is 6.61. The monoisotopic (exact) mass is 490 g/mol. The van der Waals surface area contributed by atoms with Crippen molar-refractivity contribution in [3.8, 4) is 0 Å². The number of rotatable bonds is 3. The molecule has 152 valence electrons. The normalized spacial score (nSPS) is 25.2. The van der Waals surface area contributed by atoms with Gasteiger partial charge in [0.25, 0.3) is 0 Å². The highest BCUT2D eigenvalue weighted by molar-refractivity contribution is 14.0. The van der Waals surface area contributed by atoms with E-state index in [1.54, 1.807) is 0 Å². The maximum Gasteiger partial charge on any atom is 0.193 e. The summed E-state index contributed by atoms with van der Waals surface area (Å²) in [7, 11) is 4.03. The molecule has 2 atom stereocenters. The smallest absolute Gasteiger partial charge is 0.193 e. The summed E-state index contributed by atoms with van der Waals surface area (Å²) in [6.45, 7) is 6.92. The minimum atomic E-state index is -0.218. The lowest BCUT2D eigenvalue weighted by Gasteiger charge is -2.39. The maximum atomic E-state index is 13.2. The SMILES string of the molecule is CN=C(NCC1CCN(C)CC1)N1CC(C)OC(c2ccc(F)cc2)C1.I. The second-order valence-corrected chi connectivity index (χ2v) is 7.57. The minimum Gasteiger partial charge on any atom is -0.367 e. The van der Waals surface area contributed by atoms with Gasteiger partial charge >= 0.3 is 0 Å². The van der Waals surface area contributed by atoms with E-state index in [9.17, 15) is 4.39 Å². The van der Waals surface area contributed by atoms with Gasteiger partial charge < -0.3 is 19.9 Å². The van der Waals surface area contributed by atoms with Crippen molar-refractivity contribution in [1.82, 2.24) is 15.1 Å². The molecule has 1 N–H and O–H groups in total. The van der Waals surface area contributed by atoms with Gasteiger partial charge in [0.2, 0.25) is 0 Å². The number of hydrogen-bond acceptors (Lipinski definition) is 3. The number of nitrogens with one attached hydrogen (secondary N) is 1. The zero-order valence-corrected chi connectivity index (χ0v) is 18.9. The Kier molecular flexibility index (Phi) is 8.75. The van der Waals surface area contributed by atoms with Crippen molar-refractivity contribution in [2.24, 2.45) is 10.9 Å². The summed E-state index contributed by atoms with van der Waals surface area (Å²) in [5.41, 5.74) is 1.01. The third-order valence-electron chi connectivity index (χ3n) is 5.40. The van der Waals surface area contributed by atoms with Crippen molar-refractivity contribution in [3.63, 3.8) is 0 Å². The van der Waals surface area contributed by atoms with Crippen LogP contribution in [-0.2, 0) is 4.74 Å². The number of piperidine rings is 1. The number of guanidine groups is 1. The molecule has 27 heavy (non-hydrogen) atoms. The standard InChI is InChI=1S/C20H31FN4O.HI/c1-15-13-25(14-19(26-15)17-4-6-18(21)7-5-17)20(22-2)23-12-16-8-10-24(3)11-9-16;/h4-7,15-16,19H,8-14H2,1-3H3,(H,22,23);1H. The summed E-state index contributed by atoms with van der Waals surface area (Å²) in [4.78, 5) is 9.15. The summed E-state index contributed by atoms with van der Waals surface area (Å²) < 4.78 is 19.3. The molecule has 0 radical (unpaired) electrons. The molecule has 0 aliphatic carbocycles. The molecule has 1 aromatic rings. The molecule has 0 spiro atoms. The molecule has 0 bridgehead atoms. The van der Waals surface area contributed by atoms with Crippen LogP contribution in [0.3, 0.4) is 0 Å². The van der Waals surface area contributed by atoms with E-state index < -0.39 is 0 Å². The predicted octanol–water partition coefficient (Wildman–Crippen LogP) is 3.12. The van der Waals surface area contributed by atoms with E-state index in [-0.39, 0.29) is 42.0 Å². The van der Waals surface area contributed by atoms with E-state index in [0.717, 1.165) is 31.2 Å². The van der Waals surface area contributed by atoms with Gasteiger partial charge in [-0.25, -0.2) is 4.39 Å². The van der Waals surface area contributed by atoms with Crippen LogP contribution in [0.4, 0.5) is 4.39 Å². The van der Waals surface area contributed by atoms with Gasteiger partial charge in [-0.15, -0.1) is 24.0 Å². The number of nitrogens with zero attached hydrogens (tertiary/aromatic N) is 3. The fourth-order valence-corrected chi connectivity index (χ4v) is 3.82. The van der Waals surface area contributed by atoms with Crippen molar-refractivity contribution >= 4 is 29.9 Å². The van der Waals surface area contributed by atoms with Crippen LogP contribution in [0.2, 0.25) is 0 Å². The first-order chi connectivity index (χ1) is 12.5. The average molecular weight is 490 g/mol. The number of morpholine rings is 1. The fraction of sp³-hybridized carbons (Fsp3) is 0.650. The van der Waals surface area contributed by atoms with E-state index in [0.29, 0.717) is 5.92 Å². The van der Waals surface area contributed by atoms with Gasteiger partial charge in [0.15, 0.2) is 5.96 Å². The predicted molar refractivity (Wildman–Crippen MR) is 118 cm³/mol. The highest BCUT2D eigenvalue weighted by Gasteiger charge is 2.28. The first-order valence-corrected chi connectivity index (χ1v) is 9.60. The number of ether oxygens (including phenoxy) is 1. The molecule has 0 saturated carbocycles. The summed E-state index contributed by atoms with van der Waals surface area (Å²) in [5.74, 6) is 1.42. The van der Waals surface area contributed by atoms with Crippen LogP contribution >= 0.6 is 24.0 Å². The van der Waals surface area contributed by atoms with Gasteiger partial charge in [0.1, 0.15) is 11.9 Å². The summed E-state index contributed by atoms with van der Waals surface area (Å²) >= 11 is 0. The highest BCUT2D eigenvalue weighted by atomic mass is 127. The Hall–Kier alpha value is -0.930. The Morgan fingerprint density at radius 2 is 1.89 bits per heavy atom. The number of aliphatic imine (C=N–C) groups is 1. The number of likely N-dealkylation sites (tertiary alicyclic amines) is 1. The van der Waals surface area contributed by atoms with E-state index in [1.807, 2.05) is 19.2 Å². The van der Waals surface area contributed by atoms with E-state index >= 15 is 0 Å². The Labute approximate surface area is 179 Å². The van der Waals surface area contributed by atoms with E-state index in [4.69, 9.17) is 4.74 Å². The summed E-state index contributed by atoms with van der Waals surface area (Å²) in [6.07, 6.45) is 2.50. The fourth-order valence-electron chi connectivity index (χ4n) is 3.82. The molecule has 2 aliphatic rings. The molecule has 0 amide bonds. The van der Waals surface area contributed by atoms with E-state index in [1.165, 1.54) is 38.1 Å². The zero-order valence-electron chi connectivity index (χ0n) is 16.5. The zero-order chi connectivity index (χ0) is 18.5.